The number of nitrogens with one attached hydrogen (secondary N) is 1. The summed E-state index contributed by atoms with van der Waals surface area (Å²) in [5, 5.41) is 0. The molecule has 4 rings (SSSR count). The van der Waals surface area contributed by atoms with Crippen LogP contribution in [-0.4, -0.2) is 57.3 Å². The molecule has 2 aromatic rings. The molecule has 3 heterocycles. The van der Waals surface area contributed by atoms with Crippen molar-refractivity contribution in [3.8, 4) is 0 Å². The third kappa shape index (κ3) is 3.66. The first-order valence-electron chi connectivity index (χ1n) is 9.92. The summed E-state index contributed by atoms with van der Waals surface area (Å²) >= 11 is 0. The number of nitrogens with zero attached hydrogens (tertiary/aromatic N) is 3. The fraction of sp³-hybridized carbons (Fsp3) is 0.524. The highest BCUT2D eigenvalue weighted by atomic mass is 16.2. The van der Waals surface area contributed by atoms with Crippen LogP contribution in [0.1, 0.15) is 52.7 Å². The number of H-pyrrole nitrogens is 1. The lowest BCUT2D eigenvalue weighted by atomic mass is 10.2. The van der Waals surface area contributed by atoms with Gasteiger partial charge in [0.2, 0.25) is 5.91 Å². The second-order valence-corrected chi connectivity index (χ2v) is 7.78. The van der Waals surface area contributed by atoms with Crippen molar-refractivity contribution in [1.82, 2.24) is 19.4 Å². The first kappa shape index (κ1) is 17.9. The number of amides is 2. The molecule has 2 fully saturated rings. The highest BCUT2D eigenvalue weighted by Crippen LogP contribution is 2.38. The van der Waals surface area contributed by atoms with Crippen LogP contribution in [0.3, 0.4) is 0 Å². The summed E-state index contributed by atoms with van der Waals surface area (Å²) in [5.41, 5.74) is 4.02. The van der Waals surface area contributed by atoms with Crippen molar-refractivity contribution in [3.63, 3.8) is 0 Å². The van der Waals surface area contributed by atoms with Crippen LogP contribution in [0.15, 0.2) is 24.4 Å². The SMILES string of the molecule is Cc1cc(C(=O)N2CCCN(C(=O)Cc3ccc[nH]3)CC2)c(C)n1C1CC1. The summed E-state index contributed by atoms with van der Waals surface area (Å²) in [4.78, 5) is 32.6. The van der Waals surface area contributed by atoms with Gasteiger partial charge in [0.25, 0.3) is 5.91 Å². The molecule has 2 aromatic heterocycles. The van der Waals surface area contributed by atoms with Crippen LogP contribution >= 0.6 is 0 Å². The van der Waals surface area contributed by atoms with Gasteiger partial charge in [-0.05, 0) is 51.3 Å². The molecule has 6 nitrogen and oxygen atoms in total. The Hall–Kier alpha value is -2.50. The standard InChI is InChI=1S/C21H28N4O2/c1-15-13-19(16(2)25(15)18-6-7-18)21(27)24-10-4-9-23(11-12-24)20(26)14-17-5-3-8-22-17/h3,5,8,13,18,22H,4,6-7,9-12,14H2,1-2H3. The third-order valence-electron chi connectivity index (χ3n) is 5.77. The monoisotopic (exact) mass is 368 g/mol. The molecule has 0 unspecified atom stereocenters. The Morgan fingerprint density at radius 1 is 1.11 bits per heavy atom. The lowest BCUT2D eigenvalue weighted by Gasteiger charge is -2.22. The molecule has 2 amide bonds. The molecule has 1 saturated heterocycles. The Kier molecular flexibility index (Phi) is 4.81. The molecule has 6 heteroatoms. The van der Waals surface area contributed by atoms with E-state index < -0.39 is 0 Å². The van der Waals surface area contributed by atoms with Gasteiger partial charge in [-0.3, -0.25) is 9.59 Å². The van der Waals surface area contributed by atoms with Gasteiger partial charge in [0.1, 0.15) is 0 Å². The zero-order valence-corrected chi connectivity index (χ0v) is 16.2. The van der Waals surface area contributed by atoms with Crippen molar-refractivity contribution in [2.45, 2.75) is 45.6 Å². The summed E-state index contributed by atoms with van der Waals surface area (Å²) in [5.74, 6) is 0.229. The number of aromatic amines is 1. The Labute approximate surface area is 160 Å². The van der Waals surface area contributed by atoms with Gasteiger partial charge in [-0.25, -0.2) is 0 Å². The molecular weight excluding hydrogens is 340 g/mol. The lowest BCUT2D eigenvalue weighted by molar-refractivity contribution is -0.130. The van der Waals surface area contributed by atoms with Gasteiger partial charge in [0.05, 0.1) is 12.0 Å². The van der Waals surface area contributed by atoms with E-state index in [2.05, 4.69) is 23.4 Å². The van der Waals surface area contributed by atoms with Crippen molar-refractivity contribution in [1.29, 1.82) is 0 Å². The molecule has 0 atom stereocenters. The molecule has 0 bridgehead atoms. The second-order valence-electron chi connectivity index (χ2n) is 7.78. The van der Waals surface area contributed by atoms with Crippen LogP contribution in [0.4, 0.5) is 0 Å². The number of carbonyl (C=O) groups is 2. The van der Waals surface area contributed by atoms with Gasteiger partial charge in [-0.2, -0.15) is 0 Å². The normalized spacial score (nSPS) is 17.9. The predicted molar refractivity (Wildman–Crippen MR) is 104 cm³/mol. The molecule has 0 radical (unpaired) electrons. The first-order chi connectivity index (χ1) is 13.0. The van der Waals surface area contributed by atoms with Gasteiger partial charge >= 0.3 is 0 Å². The highest BCUT2D eigenvalue weighted by molar-refractivity contribution is 5.96. The molecule has 1 aliphatic carbocycles. The Balaban J connectivity index is 1.41. The van der Waals surface area contributed by atoms with Crippen molar-refractivity contribution < 1.29 is 9.59 Å². The molecule has 2 aliphatic rings. The molecule has 0 aromatic carbocycles. The van der Waals surface area contributed by atoms with Crippen molar-refractivity contribution in [3.05, 3.63) is 47.0 Å². The van der Waals surface area contributed by atoms with E-state index >= 15 is 0 Å². The molecule has 1 N–H and O–H groups in total. The quantitative estimate of drug-likeness (QED) is 0.902. The zero-order chi connectivity index (χ0) is 19.0. The topological polar surface area (TPSA) is 61.3 Å². The number of aromatic nitrogens is 2. The van der Waals surface area contributed by atoms with E-state index in [1.54, 1.807) is 0 Å². The molecular formula is C21H28N4O2. The summed E-state index contributed by atoms with van der Waals surface area (Å²) in [6, 6.07) is 6.46. The summed E-state index contributed by atoms with van der Waals surface area (Å²) < 4.78 is 2.32. The minimum Gasteiger partial charge on any atom is -0.365 e. The van der Waals surface area contributed by atoms with E-state index in [1.165, 1.54) is 18.5 Å². The van der Waals surface area contributed by atoms with Gasteiger partial charge in [0, 0.05) is 55.5 Å². The van der Waals surface area contributed by atoms with E-state index in [0.717, 1.165) is 23.4 Å². The maximum atomic E-state index is 13.1. The highest BCUT2D eigenvalue weighted by Gasteiger charge is 2.30. The fourth-order valence-corrected chi connectivity index (χ4v) is 4.18. The number of rotatable bonds is 4. The van der Waals surface area contributed by atoms with Crippen LogP contribution in [0, 0.1) is 13.8 Å². The lowest BCUT2D eigenvalue weighted by Crippen LogP contribution is -2.38. The van der Waals surface area contributed by atoms with Crippen molar-refractivity contribution >= 4 is 11.8 Å². The van der Waals surface area contributed by atoms with Crippen LogP contribution in [-0.2, 0) is 11.2 Å². The Bertz CT molecular complexity index is 833. The van der Waals surface area contributed by atoms with Gasteiger partial charge in [-0.15, -0.1) is 0 Å². The minimum absolute atomic E-state index is 0.105. The average molecular weight is 368 g/mol. The van der Waals surface area contributed by atoms with Crippen LogP contribution in [0.2, 0.25) is 0 Å². The Morgan fingerprint density at radius 2 is 1.85 bits per heavy atom. The van der Waals surface area contributed by atoms with E-state index in [0.29, 0.717) is 38.6 Å². The maximum absolute atomic E-state index is 13.1. The summed E-state index contributed by atoms with van der Waals surface area (Å²) in [7, 11) is 0. The molecule has 1 aliphatic heterocycles. The average Bonchev–Trinajstić information content (AvgIpc) is 3.33. The van der Waals surface area contributed by atoms with Crippen molar-refractivity contribution in [2.75, 3.05) is 26.2 Å². The summed E-state index contributed by atoms with van der Waals surface area (Å²) in [6.45, 7) is 6.77. The van der Waals surface area contributed by atoms with Crippen LogP contribution < -0.4 is 0 Å². The zero-order valence-electron chi connectivity index (χ0n) is 16.2. The summed E-state index contributed by atoms with van der Waals surface area (Å²) in [6.07, 6.45) is 5.48. The van der Waals surface area contributed by atoms with E-state index in [1.807, 2.05) is 34.2 Å². The smallest absolute Gasteiger partial charge is 0.255 e. The van der Waals surface area contributed by atoms with Crippen LogP contribution in [0.25, 0.3) is 0 Å². The van der Waals surface area contributed by atoms with E-state index in [4.69, 9.17) is 0 Å². The van der Waals surface area contributed by atoms with Crippen molar-refractivity contribution in [2.24, 2.45) is 0 Å². The van der Waals surface area contributed by atoms with E-state index in [9.17, 15) is 9.59 Å². The van der Waals surface area contributed by atoms with Gasteiger partial charge in [0.15, 0.2) is 0 Å². The minimum atomic E-state index is 0.105. The van der Waals surface area contributed by atoms with Gasteiger partial charge in [-0.1, -0.05) is 0 Å². The second kappa shape index (κ2) is 7.25. The fourth-order valence-electron chi connectivity index (χ4n) is 4.18. The molecule has 27 heavy (non-hydrogen) atoms. The van der Waals surface area contributed by atoms with Crippen LogP contribution in [0.5, 0.6) is 0 Å². The largest absolute Gasteiger partial charge is 0.365 e. The van der Waals surface area contributed by atoms with E-state index in [-0.39, 0.29) is 11.8 Å². The number of aryl methyl sites for hydroxylation is 1. The van der Waals surface area contributed by atoms with Gasteiger partial charge < -0.3 is 19.4 Å². The maximum Gasteiger partial charge on any atom is 0.255 e. The molecule has 144 valence electrons. The third-order valence-corrected chi connectivity index (χ3v) is 5.77. The predicted octanol–water partition coefficient (Wildman–Crippen LogP) is 2.69. The number of hydrogen-bond acceptors (Lipinski definition) is 2. The Morgan fingerprint density at radius 3 is 2.56 bits per heavy atom. The molecule has 0 spiro atoms. The first-order valence-corrected chi connectivity index (χ1v) is 9.92. The number of hydrogen-bond donors (Lipinski definition) is 1. The number of carbonyl (C=O) groups excluding carboxylic acids is 2. The molecule has 1 saturated carbocycles.